The van der Waals surface area contributed by atoms with Gasteiger partial charge >= 0.3 is 23.8 Å². The van der Waals surface area contributed by atoms with Crippen LogP contribution in [0.4, 0.5) is 4.79 Å². The first-order valence-electron chi connectivity index (χ1n) is 12.8. The van der Waals surface area contributed by atoms with Crippen LogP contribution >= 0.6 is 23.5 Å². The van der Waals surface area contributed by atoms with Gasteiger partial charge in [-0.25, -0.2) is 9.59 Å². The highest BCUT2D eigenvalue weighted by Gasteiger charge is 2.52. The number of fused-ring (bicyclic) bond motifs is 1. The number of amides is 6. The normalized spacial score (nSPS) is 22.0. The highest BCUT2D eigenvalue weighted by Crippen LogP contribution is 2.45. The fourth-order valence-corrected chi connectivity index (χ4v) is 7.15. The van der Waals surface area contributed by atoms with Gasteiger partial charge in [-0.1, -0.05) is 49.0 Å². The third-order valence-electron chi connectivity index (χ3n) is 6.94. The fourth-order valence-electron chi connectivity index (χ4n) is 4.79. The van der Waals surface area contributed by atoms with Gasteiger partial charge in [0.1, 0.15) is 17.1 Å². The van der Waals surface area contributed by atoms with E-state index < -0.39 is 46.3 Å². The number of piperazine rings is 1. The van der Waals surface area contributed by atoms with Crippen LogP contribution in [-0.4, -0.2) is 96.7 Å². The standard InChI is InChI=1S/C26H29N5O8S2/c1-4-29-10-11-30(23(36)22(29)35)26(39)27-17(15-8-6-5-7-9-15)19(33)28-20(41-14(3)32)16-12-40-24-13(2)21(34)31(24)18(16)25(37)38/h5-9,13,17,20,24H,4,10-12H2,1-3H3,(H,27,39)(H,28,33)(H,37,38)/t13-,17?,20?,24+/m0/s1. The number of likely N-dealkylation sites (N-methyl/N-ethyl adjacent to an activating group) is 1. The van der Waals surface area contributed by atoms with E-state index in [0.717, 1.165) is 4.90 Å². The number of carboxylic acid groups (broad SMARTS) is 1. The Kier molecular flexibility index (Phi) is 9.07. The summed E-state index contributed by atoms with van der Waals surface area (Å²) in [5.74, 6) is -4.59. The Morgan fingerprint density at radius 3 is 2.37 bits per heavy atom. The van der Waals surface area contributed by atoms with Crippen molar-refractivity contribution in [3.63, 3.8) is 0 Å². The lowest BCUT2D eigenvalue weighted by Gasteiger charge is -2.49. The highest BCUT2D eigenvalue weighted by molar-refractivity contribution is 8.14. The van der Waals surface area contributed by atoms with E-state index in [1.165, 1.54) is 28.5 Å². The molecule has 218 valence electrons. The van der Waals surface area contributed by atoms with Gasteiger partial charge in [-0.05, 0) is 12.5 Å². The van der Waals surface area contributed by atoms with Crippen molar-refractivity contribution in [2.75, 3.05) is 25.4 Å². The van der Waals surface area contributed by atoms with E-state index >= 15 is 0 Å². The smallest absolute Gasteiger partial charge is 0.352 e. The first-order chi connectivity index (χ1) is 19.5. The molecule has 0 radical (unpaired) electrons. The average Bonchev–Trinajstić information content (AvgIpc) is 2.95. The molecule has 3 heterocycles. The van der Waals surface area contributed by atoms with Gasteiger partial charge in [0.25, 0.3) is 0 Å². The van der Waals surface area contributed by atoms with E-state index in [0.29, 0.717) is 23.9 Å². The second kappa shape index (κ2) is 12.3. The number of carboxylic acids is 1. The molecule has 1 aromatic rings. The number of nitrogens with one attached hydrogen (secondary N) is 2. The van der Waals surface area contributed by atoms with Crippen LogP contribution in [0.1, 0.15) is 32.4 Å². The lowest BCUT2D eigenvalue weighted by molar-refractivity contribution is -0.153. The number of thioether (sulfide) groups is 2. The van der Waals surface area contributed by atoms with Crippen LogP contribution in [-0.2, 0) is 28.8 Å². The van der Waals surface area contributed by atoms with E-state index in [4.69, 9.17) is 0 Å². The Hall–Kier alpha value is -3.85. The van der Waals surface area contributed by atoms with Crippen LogP contribution in [0, 0.1) is 5.92 Å². The second-order valence-electron chi connectivity index (χ2n) is 9.51. The van der Waals surface area contributed by atoms with E-state index in [-0.39, 0.29) is 47.3 Å². The molecule has 2 saturated heterocycles. The van der Waals surface area contributed by atoms with Gasteiger partial charge in [-0.3, -0.25) is 33.8 Å². The molecule has 13 nitrogen and oxygen atoms in total. The van der Waals surface area contributed by atoms with Crippen molar-refractivity contribution in [3.8, 4) is 0 Å². The number of aliphatic carboxylic acids is 1. The third kappa shape index (κ3) is 5.95. The maximum atomic E-state index is 13.7. The molecule has 0 saturated carbocycles. The number of imide groups is 1. The van der Waals surface area contributed by atoms with Gasteiger partial charge in [0.15, 0.2) is 5.12 Å². The Bertz CT molecular complexity index is 1340. The zero-order chi connectivity index (χ0) is 30.0. The van der Waals surface area contributed by atoms with Gasteiger partial charge in [0.05, 0.1) is 11.3 Å². The fraction of sp³-hybridized carbons (Fsp3) is 0.423. The summed E-state index contributed by atoms with van der Waals surface area (Å²) in [6.45, 7) is 5.06. The maximum absolute atomic E-state index is 13.7. The molecule has 2 fully saturated rings. The Labute approximate surface area is 244 Å². The van der Waals surface area contributed by atoms with Crippen LogP contribution in [0.5, 0.6) is 0 Å². The minimum Gasteiger partial charge on any atom is -0.477 e. The predicted molar refractivity (Wildman–Crippen MR) is 149 cm³/mol. The van der Waals surface area contributed by atoms with Crippen LogP contribution in [0.25, 0.3) is 0 Å². The molecule has 0 spiro atoms. The van der Waals surface area contributed by atoms with Crippen LogP contribution in [0.3, 0.4) is 0 Å². The molecule has 0 aromatic heterocycles. The van der Waals surface area contributed by atoms with Crippen LogP contribution < -0.4 is 10.6 Å². The van der Waals surface area contributed by atoms with Gasteiger partial charge in [0, 0.05) is 37.9 Å². The van der Waals surface area contributed by atoms with Gasteiger partial charge in [-0.15, -0.1) is 11.8 Å². The van der Waals surface area contributed by atoms with Crippen molar-refractivity contribution in [1.82, 2.24) is 25.3 Å². The lowest BCUT2D eigenvalue weighted by Crippen LogP contribution is -2.61. The van der Waals surface area contributed by atoms with Crippen molar-refractivity contribution in [2.24, 2.45) is 5.92 Å². The minimum atomic E-state index is -1.37. The molecule has 0 bridgehead atoms. The number of hydrogen-bond acceptors (Lipinski definition) is 9. The van der Waals surface area contributed by atoms with E-state index in [1.807, 2.05) is 0 Å². The summed E-state index contributed by atoms with van der Waals surface area (Å²) in [5, 5.41) is 13.2. The zero-order valence-corrected chi connectivity index (χ0v) is 24.1. The summed E-state index contributed by atoms with van der Waals surface area (Å²) in [5.41, 5.74) is 0.226. The van der Waals surface area contributed by atoms with E-state index in [1.54, 1.807) is 44.2 Å². The molecule has 4 rings (SSSR count). The topological polar surface area (TPSA) is 173 Å². The summed E-state index contributed by atoms with van der Waals surface area (Å²) in [6, 6.07) is 5.79. The SMILES string of the molecule is CCN1CCN(C(=O)NC(C(=O)NC(SC(C)=O)C2=C(C(=O)O)N3C(=O)[C@H](C)[C@H]3SC2)c2ccccc2)C(=O)C1=O. The molecule has 6 amide bonds. The van der Waals surface area contributed by atoms with Gasteiger partial charge < -0.3 is 20.6 Å². The predicted octanol–water partition coefficient (Wildman–Crippen LogP) is 0.740. The van der Waals surface area contributed by atoms with Crippen molar-refractivity contribution >= 4 is 64.3 Å². The molecule has 3 aliphatic heterocycles. The van der Waals surface area contributed by atoms with Crippen molar-refractivity contribution in [2.45, 2.75) is 37.6 Å². The number of hydrogen-bond donors (Lipinski definition) is 3. The molecular weight excluding hydrogens is 574 g/mol. The van der Waals surface area contributed by atoms with Crippen molar-refractivity contribution in [1.29, 1.82) is 0 Å². The monoisotopic (exact) mass is 603 g/mol. The van der Waals surface area contributed by atoms with Crippen molar-refractivity contribution in [3.05, 3.63) is 47.2 Å². The molecule has 3 aliphatic rings. The van der Waals surface area contributed by atoms with Crippen LogP contribution in [0.15, 0.2) is 41.6 Å². The van der Waals surface area contributed by atoms with Gasteiger partial charge in [-0.2, -0.15) is 0 Å². The first-order valence-corrected chi connectivity index (χ1v) is 14.7. The maximum Gasteiger partial charge on any atom is 0.352 e. The Morgan fingerprint density at radius 2 is 1.76 bits per heavy atom. The van der Waals surface area contributed by atoms with E-state index in [9.17, 15) is 38.7 Å². The largest absolute Gasteiger partial charge is 0.477 e. The summed E-state index contributed by atoms with van der Waals surface area (Å²) in [6.07, 6.45) is 0. The Morgan fingerprint density at radius 1 is 1.07 bits per heavy atom. The summed E-state index contributed by atoms with van der Waals surface area (Å²) in [7, 11) is 0. The van der Waals surface area contributed by atoms with Crippen molar-refractivity contribution < 1.29 is 38.7 Å². The number of carbonyl (C=O) groups is 7. The van der Waals surface area contributed by atoms with Crippen LogP contribution in [0.2, 0.25) is 0 Å². The second-order valence-corrected chi connectivity index (χ2v) is 11.9. The summed E-state index contributed by atoms with van der Waals surface area (Å²) in [4.78, 5) is 91.9. The van der Waals surface area contributed by atoms with E-state index in [2.05, 4.69) is 10.6 Å². The average molecular weight is 604 g/mol. The molecule has 4 atom stereocenters. The number of β-lactam (4-membered cyclic amide) rings is 1. The molecule has 0 aliphatic carbocycles. The lowest BCUT2D eigenvalue weighted by atomic mass is 9.97. The number of carbonyl (C=O) groups excluding carboxylic acids is 6. The number of nitrogens with zero attached hydrogens (tertiary/aromatic N) is 3. The third-order valence-corrected chi connectivity index (χ3v) is 9.35. The number of benzene rings is 1. The molecular formula is C26H29N5O8S2. The summed E-state index contributed by atoms with van der Waals surface area (Å²) < 4.78 is 0. The molecule has 41 heavy (non-hydrogen) atoms. The molecule has 1 aromatic carbocycles. The van der Waals surface area contributed by atoms with Gasteiger partial charge in [0.2, 0.25) is 11.8 Å². The molecule has 15 heteroatoms. The first kappa shape index (κ1) is 30.1. The molecule has 3 N–H and O–H groups in total. The number of urea groups is 1. The number of rotatable bonds is 8. The Balaban J connectivity index is 1.63. The minimum absolute atomic E-state index is 0.0638. The summed E-state index contributed by atoms with van der Waals surface area (Å²) >= 11 is 2.01. The quantitative estimate of drug-likeness (QED) is 0.218. The molecule has 2 unspecified atom stereocenters. The zero-order valence-electron chi connectivity index (χ0n) is 22.5. The highest BCUT2D eigenvalue weighted by atomic mass is 32.2.